The second kappa shape index (κ2) is 5.75. The molecule has 1 fully saturated rings. The summed E-state index contributed by atoms with van der Waals surface area (Å²) in [5, 5.41) is 0. The van der Waals surface area contributed by atoms with Gasteiger partial charge in [0.15, 0.2) is 5.82 Å². The van der Waals surface area contributed by atoms with Crippen LogP contribution >= 0.6 is 0 Å². The van der Waals surface area contributed by atoms with Crippen molar-refractivity contribution in [1.29, 1.82) is 0 Å². The summed E-state index contributed by atoms with van der Waals surface area (Å²) in [4.78, 5) is 26.8. The van der Waals surface area contributed by atoms with Gasteiger partial charge in [0.25, 0.3) is 0 Å². The summed E-state index contributed by atoms with van der Waals surface area (Å²) in [5.41, 5.74) is 5.47. The molecule has 0 unspecified atom stereocenters. The zero-order valence-corrected chi connectivity index (χ0v) is 12.8. The molecule has 2 N–H and O–H groups in total. The van der Waals surface area contributed by atoms with Crippen molar-refractivity contribution in [2.45, 2.75) is 32.7 Å². The van der Waals surface area contributed by atoms with Gasteiger partial charge in [-0.05, 0) is 26.7 Å². The van der Waals surface area contributed by atoms with E-state index >= 15 is 0 Å². The van der Waals surface area contributed by atoms with Gasteiger partial charge in [0, 0.05) is 25.0 Å². The van der Waals surface area contributed by atoms with Crippen LogP contribution in [0.4, 0.5) is 5.82 Å². The molecule has 7 heteroatoms. The Labute approximate surface area is 129 Å². The molecule has 22 heavy (non-hydrogen) atoms. The molecule has 0 radical (unpaired) electrons. The van der Waals surface area contributed by atoms with Crippen molar-refractivity contribution in [1.82, 2.24) is 19.5 Å². The second-order valence-electron chi connectivity index (χ2n) is 5.76. The minimum atomic E-state index is -0.244. The van der Waals surface area contributed by atoms with Crippen molar-refractivity contribution < 1.29 is 4.79 Å². The van der Waals surface area contributed by atoms with Crippen LogP contribution in [0.5, 0.6) is 0 Å². The van der Waals surface area contributed by atoms with Crippen molar-refractivity contribution in [3.63, 3.8) is 0 Å². The van der Waals surface area contributed by atoms with Crippen molar-refractivity contribution in [2.24, 2.45) is 11.7 Å². The molecule has 0 bridgehead atoms. The molecule has 3 heterocycles. The number of anilines is 1. The van der Waals surface area contributed by atoms with Crippen LogP contribution in [-0.2, 0) is 4.79 Å². The lowest BCUT2D eigenvalue weighted by Gasteiger charge is -2.37. The maximum absolute atomic E-state index is 11.5. The molecular weight excluding hydrogens is 280 g/mol. The van der Waals surface area contributed by atoms with E-state index in [-0.39, 0.29) is 11.8 Å². The van der Waals surface area contributed by atoms with E-state index in [1.165, 1.54) is 0 Å². The van der Waals surface area contributed by atoms with E-state index in [4.69, 9.17) is 5.73 Å². The number of piperidine rings is 1. The first-order valence-electron chi connectivity index (χ1n) is 7.44. The highest BCUT2D eigenvalue weighted by molar-refractivity contribution is 5.77. The van der Waals surface area contributed by atoms with E-state index in [2.05, 4.69) is 26.8 Å². The maximum atomic E-state index is 11.5. The zero-order chi connectivity index (χ0) is 15.7. The first-order chi connectivity index (χ1) is 10.6. The van der Waals surface area contributed by atoms with Crippen LogP contribution in [-0.4, -0.2) is 38.0 Å². The smallest absolute Gasteiger partial charge is 0.222 e. The summed E-state index contributed by atoms with van der Waals surface area (Å²) in [6.45, 7) is 4.65. The number of aromatic nitrogens is 4. The Kier molecular flexibility index (Phi) is 3.79. The molecule has 116 valence electrons. The third kappa shape index (κ3) is 2.66. The Balaban J connectivity index is 1.91. The molecule has 0 spiro atoms. The van der Waals surface area contributed by atoms with Crippen LogP contribution < -0.4 is 10.6 Å². The van der Waals surface area contributed by atoms with E-state index in [0.29, 0.717) is 12.6 Å². The van der Waals surface area contributed by atoms with Gasteiger partial charge in [0.05, 0.1) is 18.3 Å². The number of aryl methyl sites for hydroxylation is 1. The molecule has 1 aliphatic rings. The third-order valence-corrected chi connectivity index (χ3v) is 4.26. The maximum Gasteiger partial charge on any atom is 0.222 e. The normalized spacial score (nSPS) is 21.8. The van der Waals surface area contributed by atoms with Gasteiger partial charge in [-0.15, -0.1) is 0 Å². The predicted octanol–water partition coefficient (Wildman–Crippen LogP) is 1.06. The third-order valence-electron chi connectivity index (χ3n) is 4.26. The van der Waals surface area contributed by atoms with E-state index in [0.717, 1.165) is 30.3 Å². The minimum Gasteiger partial charge on any atom is -0.369 e. The van der Waals surface area contributed by atoms with Crippen molar-refractivity contribution in [3.8, 4) is 5.82 Å². The molecule has 1 amide bonds. The van der Waals surface area contributed by atoms with E-state index < -0.39 is 0 Å². The number of imidazole rings is 1. The van der Waals surface area contributed by atoms with Crippen LogP contribution in [0.2, 0.25) is 0 Å². The molecule has 2 atom stereocenters. The number of nitrogens with two attached hydrogens (primary N) is 1. The fourth-order valence-corrected chi connectivity index (χ4v) is 2.88. The number of primary amides is 1. The number of nitrogens with zero attached hydrogens (tertiary/aromatic N) is 5. The monoisotopic (exact) mass is 300 g/mol. The topological polar surface area (TPSA) is 89.9 Å². The molecule has 0 aliphatic carbocycles. The molecular formula is C15H20N6O. The van der Waals surface area contributed by atoms with Gasteiger partial charge in [-0.3, -0.25) is 14.3 Å². The molecule has 0 saturated carbocycles. The fraction of sp³-hybridized carbons (Fsp3) is 0.467. The van der Waals surface area contributed by atoms with Crippen LogP contribution in [0.1, 0.15) is 25.6 Å². The molecule has 7 nitrogen and oxygen atoms in total. The van der Waals surface area contributed by atoms with Gasteiger partial charge in [-0.1, -0.05) is 0 Å². The van der Waals surface area contributed by atoms with E-state index in [1.54, 1.807) is 18.6 Å². The number of carbonyl (C=O) groups is 1. The number of rotatable bonds is 3. The zero-order valence-electron chi connectivity index (χ0n) is 12.8. The number of hydrogen-bond donors (Lipinski definition) is 1. The number of hydrogen-bond acceptors (Lipinski definition) is 5. The van der Waals surface area contributed by atoms with Gasteiger partial charge in [-0.2, -0.15) is 0 Å². The van der Waals surface area contributed by atoms with Crippen molar-refractivity contribution in [2.75, 3.05) is 11.4 Å². The Morgan fingerprint density at radius 3 is 2.77 bits per heavy atom. The Hall–Kier alpha value is -2.44. The predicted molar refractivity (Wildman–Crippen MR) is 82.6 cm³/mol. The molecule has 2 aromatic heterocycles. The van der Waals surface area contributed by atoms with Gasteiger partial charge in [0.1, 0.15) is 11.6 Å². The first kappa shape index (κ1) is 14.5. The number of carbonyl (C=O) groups excluding carboxylic acids is 1. The Morgan fingerprint density at radius 2 is 2.09 bits per heavy atom. The highest BCUT2D eigenvalue weighted by Crippen LogP contribution is 2.26. The van der Waals surface area contributed by atoms with Crippen molar-refractivity contribution >= 4 is 11.7 Å². The van der Waals surface area contributed by atoms with Gasteiger partial charge in [-0.25, -0.2) is 9.97 Å². The standard InChI is InChI=1S/C15H20N6O/c1-10-3-4-12(15(16)22)9-21(10)14-8-17-7-13(19-14)20-6-5-18-11(20)2/h5-8,10,12H,3-4,9H2,1-2H3,(H2,16,22)/t10-,12+/m0/s1. The van der Waals surface area contributed by atoms with Crippen LogP contribution in [0.15, 0.2) is 24.8 Å². The van der Waals surface area contributed by atoms with Crippen LogP contribution in [0.25, 0.3) is 5.82 Å². The lowest BCUT2D eigenvalue weighted by atomic mass is 9.93. The molecule has 3 rings (SSSR count). The van der Waals surface area contributed by atoms with Crippen LogP contribution in [0.3, 0.4) is 0 Å². The largest absolute Gasteiger partial charge is 0.369 e. The first-order valence-corrected chi connectivity index (χ1v) is 7.44. The van der Waals surface area contributed by atoms with E-state index in [1.807, 2.05) is 17.7 Å². The lowest BCUT2D eigenvalue weighted by Crippen LogP contribution is -2.46. The Morgan fingerprint density at radius 1 is 1.32 bits per heavy atom. The average molecular weight is 300 g/mol. The summed E-state index contributed by atoms with van der Waals surface area (Å²) in [6.07, 6.45) is 8.78. The number of amides is 1. The second-order valence-corrected chi connectivity index (χ2v) is 5.76. The van der Waals surface area contributed by atoms with Crippen LogP contribution in [0, 0.1) is 12.8 Å². The Bertz CT molecular complexity index is 682. The molecule has 0 aromatic carbocycles. The summed E-state index contributed by atoms with van der Waals surface area (Å²) in [5.74, 6) is 1.97. The van der Waals surface area contributed by atoms with E-state index in [9.17, 15) is 4.79 Å². The average Bonchev–Trinajstić information content (AvgIpc) is 2.94. The molecule has 1 saturated heterocycles. The molecule has 2 aromatic rings. The summed E-state index contributed by atoms with van der Waals surface area (Å²) in [6, 6.07) is 0.309. The van der Waals surface area contributed by atoms with Gasteiger partial charge in [0.2, 0.25) is 5.91 Å². The highest BCUT2D eigenvalue weighted by atomic mass is 16.1. The van der Waals surface area contributed by atoms with Gasteiger partial charge >= 0.3 is 0 Å². The lowest BCUT2D eigenvalue weighted by molar-refractivity contribution is -0.122. The van der Waals surface area contributed by atoms with Crippen molar-refractivity contribution in [3.05, 3.63) is 30.6 Å². The minimum absolute atomic E-state index is 0.128. The highest BCUT2D eigenvalue weighted by Gasteiger charge is 2.29. The summed E-state index contributed by atoms with van der Waals surface area (Å²) in [7, 11) is 0. The molecule has 1 aliphatic heterocycles. The van der Waals surface area contributed by atoms with Gasteiger partial charge < -0.3 is 10.6 Å². The SMILES string of the molecule is Cc1nccn1-c1cncc(N2C[C@H](C(N)=O)CC[C@@H]2C)n1. The quantitative estimate of drug-likeness (QED) is 0.915. The summed E-state index contributed by atoms with van der Waals surface area (Å²) >= 11 is 0. The summed E-state index contributed by atoms with van der Waals surface area (Å²) < 4.78 is 1.89. The fourth-order valence-electron chi connectivity index (χ4n) is 2.88.